The Labute approximate surface area is 92.5 Å². The van der Waals surface area contributed by atoms with E-state index in [1.165, 1.54) is 0 Å². The summed E-state index contributed by atoms with van der Waals surface area (Å²) in [5.41, 5.74) is 1.47. The second-order valence-corrected chi connectivity index (χ2v) is 3.96. The van der Waals surface area contributed by atoms with E-state index in [2.05, 4.69) is 10.3 Å². The smallest absolute Gasteiger partial charge is 0.307 e. The highest BCUT2D eigenvalue weighted by atomic mass is 16.4. The van der Waals surface area contributed by atoms with Crippen LogP contribution in [-0.2, 0) is 9.59 Å². The number of rotatable bonds is 3. The summed E-state index contributed by atoms with van der Waals surface area (Å²) in [6.07, 6.45) is 2.04. The molecule has 2 N–H and O–H groups in total. The fourth-order valence-electron chi connectivity index (χ4n) is 1.62. The number of pyridine rings is 1. The molecule has 0 radical (unpaired) electrons. The maximum atomic E-state index is 11.6. The van der Waals surface area contributed by atoms with Gasteiger partial charge in [-0.25, -0.2) is 0 Å². The van der Waals surface area contributed by atoms with E-state index in [0.717, 1.165) is 5.69 Å². The van der Waals surface area contributed by atoms with Crippen molar-refractivity contribution in [3.8, 4) is 0 Å². The zero-order valence-corrected chi connectivity index (χ0v) is 8.80. The van der Waals surface area contributed by atoms with Gasteiger partial charge in [-0.1, -0.05) is 0 Å². The van der Waals surface area contributed by atoms with Crippen molar-refractivity contribution in [2.24, 2.45) is 11.8 Å². The van der Waals surface area contributed by atoms with Gasteiger partial charge in [0.1, 0.15) is 0 Å². The number of nitrogens with one attached hydrogen (secondary N) is 1. The van der Waals surface area contributed by atoms with Gasteiger partial charge in [-0.05, 0) is 25.5 Å². The minimum atomic E-state index is -0.897. The summed E-state index contributed by atoms with van der Waals surface area (Å²) in [7, 11) is 0. The highest BCUT2D eigenvalue weighted by Crippen LogP contribution is 2.39. The number of carboxylic acids is 1. The zero-order valence-electron chi connectivity index (χ0n) is 8.80. The summed E-state index contributed by atoms with van der Waals surface area (Å²) < 4.78 is 0. The van der Waals surface area contributed by atoms with Crippen LogP contribution in [0.1, 0.15) is 12.1 Å². The molecule has 2 atom stereocenters. The van der Waals surface area contributed by atoms with Crippen molar-refractivity contribution >= 4 is 17.6 Å². The first-order valence-electron chi connectivity index (χ1n) is 5.04. The lowest BCUT2D eigenvalue weighted by Crippen LogP contribution is -2.16. The maximum absolute atomic E-state index is 11.6. The first-order valence-corrected chi connectivity index (χ1v) is 5.04. The molecule has 1 saturated carbocycles. The third-order valence-electron chi connectivity index (χ3n) is 2.61. The number of carboxylic acid groups (broad SMARTS) is 1. The Morgan fingerprint density at radius 2 is 2.25 bits per heavy atom. The average molecular weight is 220 g/mol. The number of anilines is 1. The fourth-order valence-corrected chi connectivity index (χ4v) is 1.62. The van der Waals surface area contributed by atoms with Crippen molar-refractivity contribution in [2.75, 3.05) is 5.32 Å². The van der Waals surface area contributed by atoms with Gasteiger partial charge in [0.05, 0.1) is 11.8 Å². The molecule has 16 heavy (non-hydrogen) atoms. The van der Waals surface area contributed by atoms with Crippen LogP contribution in [0.2, 0.25) is 0 Å². The molecule has 2 rings (SSSR count). The third kappa shape index (κ3) is 2.18. The molecule has 0 bridgehead atoms. The Morgan fingerprint density at radius 1 is 1.50 bits per heavy atom. The Hall–Kier alpha value is -1.91. The van der Waals surface area contributed by atoms with Crippen LogP contribution in [0, 0.1) is 18.8 Å². The molecule has 1 heterocycles. The zero-order chi connectivity index (χ0) is 11.7. The first kappa shape index (κ1) is 10.6. The maximum Gasteiger partial charge on any atom is 0.307 e. The van der Waals surface area contributed by atoms with Gasteiger partial charge in [0.25, 0.3) is 0 Å². The van der Waals surface area contributed by atoms with E-state index in [0.29, 0.717) is 12.1 Å². The summed E-state index contributed by atoms with van der Waals surface area (Å²) in [4.78, 5) is 26.2. The van der Waals surface area contributed by atoms with Crippen LogP contribution in [0.5, 0.6) is 0 Å². The van der Waals surface area contributed by atoms with E-state index in [1.54, 1.807) is 18.3 Å². The molecule has 0 spiro atoms. The molecule has 0 aliphatic heterocycles. The van der Waals surface area contributed by atoms with Gasteiger partial charge >= 0.3 is 5.97 Å². The molecule has 1 aliphatic rings. The molecule has 0 aromatic carbocycles. The number of hydrogen-bond acceptors (Lipinski definition) is 3. The molecule has 1 aliphatic carbocycles. The molecule has 1 fully saturated rings. The predicted molar refractivity (Wildman–Crippen MR) is 56.8 cm³/mol. The van der Waals surface area contributed by atoms with Crippen molar-refractivity contribution in [3.05, 3.63) is 24.0 Å². The topological polar surface area (TPSA) is 79.3 Å². The van der Waals surface area contributed by atoms with Crippen molar-refractivity contribution < 1.29 is 14.7 Å². The summed E-state index contributed by atoms with van der Waals surface area (Å²) in [6, 6.07) is 3.43. The van der Waals surface area contributed by atoms with Crippen LogP contribution in [0.4, 0.5) is 5.69 Å². The van der Waals surface area contributed by atoms with Gasteiger partial charge in [0.2, 0.25) is 5.91 Å². The van der Waals surface area contributed by atoms with Gasteiger partial charge in [0, 0.05) is 17.6 Å². The van der Waals surface area contributed by atoms with Crippen molar-refractivity contribution in [1.29, 1.82) is 0 Å². The first-order chi connectivity index (χ1) is 7.58. The molecule has 5 nitrogen and oxygen atoms in total. The molecule has 1 aromatic heterocycles. The standard InChI is InChI=1S/C11H12N2O3/c1-6-4-7(2-3-12-6)13-10(14)8-5-9(8)11(15)16/h2-4,8-9H,5H2,1H3,(H,15,16)(H,12,13,14). The Balaban J connectivity index is 1.96. The SMILES string of the molecule is Cc1cc(NC(=O)C2CC2C(=O)O)ccn1. The molecule has 2 unspecified atom stereocenters. The second kappa shape index (κ2) is 3.92. The van der Waals surface area contributed by atoms with E-state index >= 15 is 0 Å². The number of aliphatic carboxylic acids is 1. The molecular formula is C11H12N2O3. The molecule has 1 aromatic rings. The third-order valence-corrected chi connectivity index (χ3v) is 2.61. The fraction of sp³-hybridized carbons (Fsp3) is 0.364. The second-order valence-electron chi connectivity index (χ2n) is 3.96. The minimum Gasteiger partial charge on any atom is -0.481 e. The Kier molecular flexibility index (Phi) is 2.60. The molecule has 1 amide bonds. The number of nitrogens with zero attached hydrogens (tertiary/aromatic N) is 1. The largest absolute Gasteiger partial charge is 0.481 e. The summed E-state index contributed by atoms with van der Waals surface area (Å²) in [6.45, 7) is 1.83. The van der Waals surface area contributed by atoms with E-state index in [4.69, 9.17) is 5.11 Å². The normalized spacial score (nSPS) is 22.6. The number of aryl methyl sites for hydroxylation is 1. The van der Waals surface area contributed by atoms with Gasteiger partial charge in [-0.3, -0.25) is 14.6 Å². The lowest BCUT2D eigenvalue weighted by atomic mass is 10.2. The summed E-state index contributed by atoms with van der Waals surface area (Å²) >= 11 is 0. The van der Waals surface area contributed by atoms with E-state index in [-0.39, 0.29) is 11.8 Å². The highest BCUT2D eigenvalue weighted by Gasteiger charge is 2.48. The van der Waals surface area contributed by atoms with Crippen LogP contribution in [0.25, 0.3) is 0 Å². The van der Waals surface area contributed by atoms with Crippen LogP contribution < -0.4 is 5.32 Å². The van der Waals surface area contributed by atoms with Gasteiger partial charge in [-0.15, -0.1) is 0 Å². The molecule has 0 saturated heterocycles. The lowest BCUT2D eigenvalue weighted by Gasteiger charge is -2.04. The molecular weight excluding hydrogens is 208 g/mol. The minimum absolute atomic E-state index is 0.224. The van der Waals surface area contributed by atoms with Gasteiger partial charge in [0.15, 0.2) is 0 Å². The van der Waals surface area contributed by atoms with Crippen molar-refractivity contribution in [3.63, 3.8) is 0 Å². The lowest BCUT2D eigenvalue weighted by molar-refractivity contribution is -0.139. The van der Waals surface area contributed by atoms with Crippen molar-refractivity contribution in [1.82, 2.24) is 4.98 Å². The van der Waals surface area contributed by atoms with Crippen LogP contribution in [0.3, 0.4) is 0 Å². The number of carbonyl (C=O) groups is 2. The number of amides is 1. The number of carbonyl (C=O) groups excluding carboxylic acids is 1. The monoisotopic (exact) mass is 220 g/mol. The van der Waals surface area contributed by atoms with Crippen LogP contribution >= 0.6 is 0 Å². The van der Waals surface area contributed by atoms with Crippen LogP contribution in [0.15, 0.2) is 18.3 Å². The summed E-state index contributed by atoms with van der Waals surface area (Å²) in [5, 5.41) is 11.4. The predicted octanol–water partition coefficient (Wildman–Crippen LogP) is 1.05. The van der Waals surface area contributed by atoms with Crippen molar-refractivity contribution in [2.45, 2.75) is 13.3 Å². The van der Waals surface area contributed by atoms with Crippen LogP contribution in [-0.4, -0.2) is 22.0 Å². The van der Waals surface area contributed by atoms with E-state index in [9.17, 15) is 9.59 Å². The van der Waals surface area contributed by atoms with E-state index < -0.39 is 11.9 Å². The van der Waals surface area contributed by atoms with E-state index in [1.807, 2.05) is 6.92 Å². The quantitative estimate of drug-likeness (QED) is 0.797. The summed E-state index contributed by atoms with van der Waals surface area (Å²) in [5.74, 6) is -2.02. The molecule has 5 heteroatoms. The Morgan fingerprint density at radius 3 is 2.81 bits per heavy atom. The molecule has 84 valence electrons. The highest BCUT2D eigenvalue weighted by molar-refractivity contribution is 5.98. The Bertz CT molecular complexity index is 445. The van der Waals surface area contributed by atoms with Gasteiger partial charge in [-0.2, -0.15) is 0 Å². The number of aromatic nitrogens is 1. The number of hydrogen-bond donors (Lipinski definition) is 2. The average Bonchev–Trinajstić information content (AvgIpc) is 2.96. The van der Waals surface area contributed by atoms with Gasteiger partial charge < -0.3 is 10.4 Å².